The lowest BCUT2D eigenvalue weighted by molar-refractivity contribution is -0.116. The standard InChI is InChI=1S/C25H18Cl2N2O2S/c26-20-10-9-15(12-21(20)27)11-16-14-28-25(32-16)29-24(30)13-19-17-5-1-3-7-22(17)31-23-8-4-2-6-18(19)23/h1-10,12,14,19H,11,13H2,(H,28,29,30). The fraction of sp³-hybridized carbons (Fsp3) is 0.120. The number of nitrogens with zero attached hydrogens (tertiary/aromatic N) is 1. The van der Waals surface area contributed by atoms with Crippen LogP contribution in [0.25, 0.3) is 0 Å². The number of nitrogens with one attached hydrogen (secondary N) is 1. The minimum atomic E-state index is -0.0862. The molecule has 7 heteroatoms. The van der Waals surface area contributed by atoms with Crippen molar-refractivity contribution in [2.75, 3.05) is 5.32 Å². The molecule has 4 nitrogen and oxygen atoms in total. The third-order valence-corrected chi connectivity index (χ3v) is 7.01. The molecule has 1 aliphatic heterocycles. The predicted octanol–water partition coefficient (Wildman–Crippen LogP) is 7.31. The molecule has 0 spiro atoms. The Morgan fingerprint density at radius 3 is 2.34 bits per heavy atom. The van der Waals surface area contributed by atoms with E-state index in [-0.39, 0.29) is 11.8 Å². The summed E-state index contributed by atoms with van der Waals surface area (Å²) in [4.78, 5) is 18.3. The number of carbonyl (C=O) groups excluding carboxylic acids is 1. The highest BCUT2D eigenvalue weighted by atomic mass is 35.5. The van der Waals surface area contributed by atoms with Gasteiger partial charge in [-0.05, 0) is 29.8 Å². The smallest absolute Gasteiger partial charge is 0.227 e. The Labute approximate surface area is 199 Å². The number of aromatic nitrogens is 1. The van der Waals surface area contributed by atoms with E-state index in [0.717, 1.165) is 33.1 Å². The SMILES string of the molecule is O=C(CC1c2ccccc2Oc2ccccc21)Nc1ncc(Cc2ccc(Cl)c(Cl)c2)s1. The first-order valence-corrected chi connectivity index (χ1v) is 11.7. The van der Waals surface area contributed by atoms with Gasteiger partial charge in [-0.3, -0.25) is 4.79 Å². The van der Waals surface area contributed by atoms with Crippen molar-refractivity contribution in [3.8, 4) is 11.5 Å². The molecule has 1 aromatic heterocycles. The molecule has 0 atom stereocenters. The number of carbonyl (C=O) groups is 1. The first-order valence-electron chi connectivity index (χ1n) is 10.1. The highest BCUT2D eigenvalue weighted by Gasteiger charge is 2.28. The van der Waals surface area contributed by atoms with Gasteiger partial charge in [0.05, 0.1) is 10.0 Å². The Morgan fingerprint density at radius 2 is 1.66 bits per heavy atom. The number of fused-ring (bicyclic) bond motifs is 2. The number of para-hydroxylation sites is 2. The van der Waals surface area contributed by atoms with E-state index in [4.69, 9.17) is 27.9 Å². The summed E-state index contributed by atoms with van der Waals surface area (Å²) in [5, 5.41) is 4.60. The lowest BCUT2D eigenvalue weighted by Gasteiger charge is -2.27. The third-order valence-electron chi connectivity index (χ3n) is 5.36. The maximum Gasteiger partial charge on any atom is 0.227 e. The Balaban J connectivity index is 1.30. The van der Waals surface area contributed by atoms with E-state index < -0.39 is 0 Å². The summed E-state index contributed by atoms with van der Waals surface area (Å²) < 4.78 is 6.02. The molecule has 32 heavy (non-hydrogen) atoms. The second kappa shape index (κ2) is 8.94. The number of halogens is 2. The van der Waals surface area contributed by atoms with Gasteiger partial charge in [-0.2, -0.15) is 0 Å². The number of hydrogen-bond donors (Lipinski definition) is 1. The molecule has 5 rings (SSSR count). The van der Waals surface area contributed by atoms with E-state index in [1.54, 1.807) is 12.3 Å². The van der Waals surface area contributed by atoms with Crippen LogP contribution < -0.4 is 10.1 Å². The van der Waals surface area contributed by atoms with Gasteiger partial charge in [0.1, 0.15) is 11.5 Å². The van der Waals surface area contributed by atoms with Crippen LogP contribution in [0.4, 0.5) is 5.13 Å². The van der Waals surface area contributed by atoms with Crippen LogP contribution in [-0.4, -0.2) is 10.9 Å². The highest BCUT2D eigenvalue weighted by Crippen LogP contribution is 2.45. The summed E-state index contributed by atoms with van der Waals surface area (Å²) in [7, 11) is 0. The highest BCUT2D eigenvalue weighted by molar-refractivity contribution is 7.15. The topological polar surface area (TPSA) is 51.2 Å². The molecular weight excluding hydrogens is 463 g/mol. The molecule has 0 unspecified atom stereocenters. The molecule has 0 aliphatic carbocycles. The van der Waals surface area contributed by atoms with Crippen LogP contribution in [0.3, 0.4) is 0 Å². The number of thiazole rings is 1. The maximum absolute atomic E-state index is 12.9. The van der Waals surface area contributed by atoms with Crippen molar-refractivity contribution in [1.29, 1.82) is 0 Å². The Kier molecular flexibility index (Phi) is 5.87. The molecule has 4 aromatic rings. The van der Waals surface area contributed by atoms with Crippen LogP contribution >= 0.6 is 34.5 Å². The van der Waals surface area contributed by atoms with E-state index in [0.29, 0.717) is 28.0 Å². The van der Waals surface area contributed by atoms with E-state index in [1.165, 1.54) is 11.3 Å². The lowest BCUT2D eigenvalue weighted by atomic mass is 9.85. The first-order chi connectivity index (χ1) is 15.6. The van der Waals surface area contributed by atoms with Crippen LogP contribution in [0, 0.1) is 0 Å². The number of ether oxygens (including phenoxy) is 1. The van der Waals surface area contributed by atoms with Crippen LogP contribution in [0.5, 0.6) is 11.5 Å². The molecule has 1 amide bonds. The molecule has 160 valence electrons. The average molecular weight is 481 g/mol. The number of anilines is 1. The van der Waals surface area contributed by atoms with Gasteiger partial charge >= 0.3 is 0 Å². The minimum Gasteiger partial charge on any atom is -0.457 e. The van der Waals surface area contributed by atoms with Crippen molar-refractivity contribution in [3.63, 3.8) is 0 Å². The number of hydrogen-bond acceptors (Lipinski definition) is 4. The van der Waals surface area contributed by atoms with E-state index in [2.05, 4.69) is 10.3 Å². The molecule has 0 bridgehead atoms. The van der Waals surface area contributed by atoms with Crippen molar-refractivity contribution in [2.24, 2.45) is 0 Å². The molecular formula is C25H18Cl2N2O2S. The predicted molar refractivity (Wildman–Crippen MR) is 129 cm³/mol. The van der Waals surface area contributed by atoms with Crippen molar-refractivity contribution in [1.82, 2.24) is 4.98 Å². The summed E-state index contributed by atoms with van der Waals surface area (Å²) in [5.41, 5.74) is 3.07. The quantitative estimate of drug-likeness (QED) is 0.325. The van der Waals surface area contributed by atoms with Crippen molar-refractivity contribution < 1.29 is 9.53 Å². The van der Waals surface area contributed by atoms with Crippen LogP contribution in [0.2, 0.25) is 10.0 Å². The number of rotatable bonds is 5. The minimum absolute atomic E-state index is 0.0770. The van der Waals surface area contributed by atoms with Crippen molar-refractivity contribution in [3.05, 3.63) is 105 Å². The van der Waals surface area contributed by atoms with Crippen molar-refractivity contribution in [2.45, 2.75) is 18.8 Å². The van der Waals surface area contributed by atoms with Crippen molar-refractivity contribution >= 4 is 45.6 Å². The van der Waals surface area contributed by atoms with E-state index >= 15 is 0 Å². The monoisotopic (exact) mass is 480 g/mol. The Morgan fingerprint density at radius 1 is 0.969 bits per heavy atom. The number of amides is 1. The maximum atomic E-state index is 12.9. The van der Waals surface area contributed by atoms with Crippen LogP contribution in [0.15, 0.2) is 72.9 Å². The summed E-state index contributed by atoms with van der Waals surface area (Å²) in [6.45, 7) is 0. The fourth-order valence-electron chi connectivity index (χ4n) is 3.88. The molecule has 0 fully saturated rings. The van der Waals surface area contributed by atoms with Gasteiger partial charge in [0.2, 0.25) is 5.91 Å². The summed E-state index contributed by atoms with van der Waals surface area (Å²) in [6.07, 6.45) is 2.76. The van der Waals surface area contributed by atoms with Gasteiger partial charge < -0.3 is 10.1 Å². The van der Waals surface area contributed by atoms with E-state index in [1.807, 2.05) is 60.7 Å². The van der Waals surface area contributed by atoms with Gasteiger partial charge in [0.15, 0.2) is 5.13 Å². The lowest BCUT2D eigenvalue weighted by Crippen LogP contribution is -2.19. The molecule has 3 aromatic carbocycles. The summed E-state index contributed by atoms with van der Waals surface area (Å²) >= 11 is 13.6. The van der Waals surface area contributed by atoms with E-state index in [9.17, 15) is 4.79 Å². The van der Waals surface area contributed by atoms with Gasteiger partial charge in [-0.1, -0.05) is 65.7 Å². The first kappa shape index (κ1) is 21.0. The van der Waals surface area contributed by atoms with Crippen LogP contribution in [0.1, 0.15) is 33.9 Å². The van der Waals surface area contributed by atoms with Gasteiger partial charge in [0, 0.05) is 41.0 Å². The summed E-state index contributed by atoms with van der Waals surface area (Å²) in [6, 6.07) is 21.3. The zero-order valence-electron chi connectivity index (χ0n) is 16.8. The van der Waals surface area contributed by atoms with Gasteiger partial charge in [0.25, 0.3) is 0 Å². The van der Waals surface area contributed by atoms with Gasteiger partial charge in [-0.25, -0.2) is 4.98 Å². The molecule has 0 saturated carbocycles. The molecule has 1 N–H and O–H groups in total. The second-order valence-corrected chi connectivity index (χ2v) is 9.47. The molecule has 2 heterocycles. The Bertz CT molecular complexity index is 1260. The van der Waals surface area contributed by atoms with Crippen LogP contribution in [-0.2, 0) is 11.2 Å². The molecule has 0 saturated heterocycles. The third kappa shape index (κ3) is 4.37. The number of benzene rings is 3. The second-order valence-electron chi connectivity index (χ2n) is 7.54. The fourth-order valence-corrected chi connectivity index (χ4v) is 5.07. The van der Waals surface area contributed by atoms with Gasteiger partial charge in [-0.15, -0.1) is 11.3 Å². The zero-order chi connectivity index (χ0) is 22.1. The molecule has 0 radical (unpaired) electrons. The normalized spacial score (nSPS) is 12.6. The largest absolute Gasteiger partial charge is 0.457 e. The Hall–Kier alpha value is -2.86. The summed E-state index contributed by atoms with van der Waals surface area (Å²) in [5.74, 6) is 1.42. The average Bonchev–Trinajstić information content (AvgIpc) is 3.22. The zero-order valence-corrected chi connectivity index (χ0v) is 19.2. The molecule has 1 aliphatic rings.